The molecule has 1 aliphatic heterocycles. The van der Waals surface area contributed by atoms with Gasteiger partial charge in [0.05, 0.1) is 22.7 Å². The number of fused-ring (bicyclic) bond motifs is 2. The van der Waals surface area contributed by atoms with E-state index in [9.17, 15) is 23.1 Å². The number of hydrogen-bond donors (Lipinski definition) is 1. The second-order valence-corrected chi connectivity index (χ2v) is 9.41. The Bertz CT molecular complexity index is 1240. The molecule has 8 heteroatoms. The second-order valence-electron chi connectivity index (χ2n) is 9.41. The summed E-state index contributed by atoms with van der Waals surface area (Å²) in [6.07, 6.45) is -2.63. The highest BCUT2D eigenvalue weighted by atomic mass is 19.4. The number of benzene rings is 2. The molecule has 0 bridgehead atoms. The van der Waals surface area contributed by atoms with Gasteiger partial charge in [-0.25, -0.2) is 0 Å². The number of aromatic nitrogens is 2. The van der Waals surface area contributed by atoms with Gasteiger partial charge in [0.1, 0.15) is 0 Å². The summed E-state index contributed by atoms with van der Waals surface area (Å²) in [5.74, 6) is 0.0785. The van der Waals surface area contributed by atoms with Gasteiger partial charge in [0, 0.05) is 19.0 Å². The predicted octanol–water partition coefficient (Wildman–Crippen LogP) is 4.76. The summed E-state index contributed by atoms with van der Waals surface area (Å²) < 4.78 is 41.8. The molecule has 1 aliphatic carbocycles. The lowest BCUT2D eigenvalue weighted by atomic mass is 9.92. The van der Waals surface area contributed by atoms with Crippen LogP contribution in [-0.4, -0.2) is 37.3 Å². The lowest BCUT2D eigenvalue weighted by molar-refractivity contribution is -0.140. The molecule has 1 N–H and O–H groups in total. The molecule has 2 heterocycles. The van der Waals surface area contributed by atoms with Crippen molar-refractivity contribution in [1.29, 1.82) is 0 Å². The van der Waals surface area contributed by atoms with Gasteiger partial charge in [-0.1, -0.05) is 24.3 Å². The molecule has 1 aromatic heterocycles. The Morgan fingerprint density at radius 3 is 2.50 bits per heavy atom. The summed E-state index contributed by atoms with van der Waals surface area (Å²) in [6.45, 7) is 3.83. The molecule has 32 heavy (non-hydrogen) atoms. The predicted molar refractivity (Wildman–Crippen MR) is 114 cm³/mol. The number of aryl methyl sites for hydroxylation is 1. The van der Waals surface area contributed by atoms with Crippen molar-refractivity contribution in [3.63, 3.8) is 0 Å². The monoisotopic (exact) mass is 443 g/mol. The molecule has 1 unspecified atom stereocenters. The Hall–Kier alpha value is -2.87. The molecule has 1 saturated carbocycles. The fourth-order valence-corrected chi connectivity index (χ4v) is 5.12. The molecule has 3 aromatic rings. The van der Waals surface area contributed by atoms with Crippen molar-refractivity contribution in [2.24, 2.45) is 13.0 Å². The van der Waals surface area contributed by atoms with Gasteiger partial charge in [-0.15, -0.1) is 0 Å². The number of hydrogen-bond acceptors (Lipinski definition) is 3. The molecule has 2 aromatic carbocycles. The summed E-state index contributed by atoms with van der Waals surface area (Å²) in [4.78, 5) is 15.3. The Balaban J connectivity index is 1.61. The zero-order valence-electron chi connectivity index (χ0n) is 18.1. The van der Waals surface area contributed by atoms with E-state index in [2.05, 4.69) is 5.10 Å². The van der Waals surface area contributed by atoms with Crippen LogP contribution in [0.1, 0.15) is 48.3 Å². The fourth-order valence-electron chi connectivity index (χ4n) is 5.12. The van der Waals surface area contributed by atoms with Crippen LogP contribution in [0.25, 0.3) is 22.0 Å². The van der Waals surface area contributed by atoms with Crippen molar-refractivity contribution >= 4 is 16.8 Å². The van der Waals surface area contributed by atoms with Gasteiger partial charge in [-0.05, 0) is 61.4 Å². The van der Waals surface area contributed by atoms with Gasteiger partial charge in [0.2, 0.25) is 0 Å². The van der Waals surface area contributed by atoms with E-state index in [0.29, 0.717) is 28.8 Å². The van der Waals surface area contributed by atoms with Crippen LogP contribution in [0.4, 0.5) is 13.2 Å². The molecule has 5 nitrogen and oxygen atoms in total. The first kappa shape index (κ1) is 21.0. The van der Waals surface area contributed by atoms with Crippen LogP contribution < -0.4 is 0 Å². The summed E-state index contributed by atoms with van der Waals surface area (Å²) in [5, 5.41) is 14.4. The summed E-state index contributed by atoms with van der Waals surface area (Å²) in [5.41, 5.74) is 0.845. The van der Waals surface area contributed by atoms with Gasteiger partial charge in [-0.3, -0.25) is 9.48 Å². The lowest BCUT2D eigenvalue weighted by Crippen LogP contribution is -2.51. The first-order valence-corrected chi connectivity index (χ1v) is 10.7. The quantitative estimate of drug-likeness (QED) is 0.632. The van der Waals surface area contributed by atoms with Gasteiger partial charge < -0.3 is 10.0 Å². The smallest absolute Gasteiger partial charge is 0.388 e. The molecule has 0 radical (unpaired) electrons. The van der Waals surface area contributed by atoms with Crippen molar-refractivity contribution in [3.05, 3.63) is 53.2 Å². The number of carbonyl (C=O) groups excluding carboxylic acids is 1. The molecule has 5 rings (SSSR count). The minimum absolute atomic E-state index is 0.00440. The third-order valence-electron chi connectivity index (χ3n) is 6.52. The first-order chi connectivity index (χ1) is 15.0. The molecular formula is C24H24F3N3O2. The third kappa shape index (κ3) is 3.28. The van der Waals surface area contributed by atoms with E-state index in [0.717, 1.165) is 18.4 Å². The summed E-state index contributed by atoms with van der Waals surface area (Å²) in [6, 6.07) is 9.95. The van der Waals surface area contributed by atoms with E-state index in [1.54, 1.807) is 36.9 Å². The van der Waals surface area contributed by atoms with Crippen molar-refractivity contribution in [3.8, 4) is 11.1 Å². The van der Waals surface area contributed by atoms with Crippen molar-refractivity contribution in [1.82, 2.24) is 14.7 Å². The van der Waals surface area contributed by atoms with E-state index in [1.165, 1.54) is 17.8 Å². The minimum atomic E-state index is -4.58. The molecule has 0 saturated heterocycles. The van der Waals surface area contributed by atoms with Gasteiger partial charge in [-0.2, -0.15) is 18.3 Å². The number of nitrogens with zero attached hydrogens (tertiary/aromatic N) is 3. The van der Waals surface area contributed by atoms with Crippen LogP contribution in [0.3, 0.4) is 0 Å². The second kappa shape index (κ2) is 6.81. The first-order valence-electron chi connectivity index (χ1n) is 10.7. The third-order valence-corrected chi connectivity index (χ3v) is 6.52. The van der Waals surface area contributed by atoms with E-state index in [-0.39, 0.29) is 23.3 Å². The van der Waals surface area contributed by atoms with Gasteiger partial charge in [0.25, 0.3) is 5.91 Å². The molecular weight excluding hydrogens is 419 g/mol. The van der Waals surface area contributed by atoms with Crippen molar-refractivity contribution in [2.45, 2.75) is 51.1 Å². The van der Waals surface area contributed by atoms with E-state index < -0.39 is 17.5 Å². The largest absolute Gasteiger partial charge is 0.435 e. The molecule has 1 fully saturated rings. The van der Waals surface area contributed by atoms with Gasteiger partial charge >= 0.3 is 6.18 Å². The van der Waals surface area contributed by atoms with E-state index >= 15 is 0 Å². The maximum Gasteiger partial charge on any atom is 0.435 e. The topological polar surface area (TPSA) is 58.4 Å². The minimum Gasteiger partial charge on any atom is -0.388 e. The number of rotatable bonds is 4. The Kier molecular flexibility index (Phi) is 4.47. The van der Waals surface area contributed by atoms with E-state index in [1.807, 2.05) is 12.1 Å². The van der Waals surface area contributed by atoms with Crippen LogP contribution in [0.15, 0.2) is 36.4 Å². The number of aliphatic hydroxyl groups is 1. The molecule has 1 atom stereocenters. The average molecular weight is 443 g/mol. The zero-order valence-corrected chi connectivity index (χ0v) is 18.1. The number of alkyl halides is 3. The number of carbonyl (C=O) groups is 1. The molecule has 0 spiro atoms. The van der Waals surface area contributed by atoms with Crippen LogP contribution in [0.2, 0.25) is 0 Å². The Labute approximate surface area is 183 Å². The van der Waals surface area contributed by atoms with Crippen LogP contribution in [0, 0.1) is 5.92 Å². The highest BCUT2D eigenvalue weighted by molar-refractivity contribution is 6.05. The summed E-state index contributed by atoms with van der Waals surface area (Å²) in [7, 11) is 1.48. The maximum atomic E-state index is 13.5. The van der Waals surface area contributed by atoms with Crippen LogP contribution in [-0.2, 0) is 19.8 Å². The molecule has 168 valence electrons. The lowest BCUT2D eigenvalue weighted by Gasteiger charge is -2.37. The SMILES string of the molecule is Cn1nc(C(F)(F)F)c2cc(-c3cccc4c3C(=O)N(C(C3CC3)C(C)(C)O)C4)ccc21. The number of amides is 1. The van der Waals surface area contributed by atoms with Crippen LogP contribution >= 0.6 is 0 Å². The highest BCUT2D eigenvalue weighted by Gasteiger charge is 2.48. The normalized spacial score (nSPS) is 17.8. The Morgan fingerprint density at radius 2 is 1.88 bits per heavy atom. The van der Waals surface area contributed by atoms with Gasteiger partial charge in [0.15, 0.2) is 5.69 Å². The fraction of sp³-hybridized carbons (Fsp3) is 0.417. The molecule has 1 amide bonds. The number of halogens is 3. The summed E-state index contributed by atoms with van der Waals surface area (Å²) >= 11 is 0. The zero-order chi connectivity index (χ0) is 23.0. The van der Waals surface area contributed by atoms with Crippen LogP contribution in [0.5, 0.6) is 0 Å². The highest BCUT2D eigenvalue weighted by Crippen LogP contribution is 2.44. The Morgan fingerprint density at radius 1 is 1.16 bits per heavy atom. The average Bonchev–Trinajstić information content (AvgIpc) is 3.39. The molecule has 2 aliphatic rings. The van der Waals surface area contributed by atoms with Crippen molar-refractivity contribution < 1.29 is 23.1 Å². The standard InChI is InChI=1S/C24H24F3N3O2/c1-23(2,32)21(13-7-8-13)30-12-15-5-4-6-16(19(15)22(30)31)14-9-10-18-17(11-14)20(24(25,26)27)28-29(18)3/h4-6,9-11,13,21,32H,7-8,12H2,1-3H3. The van der Waals surface area contributed by atoms with E-state index in [4.69, 9.17) is 0 Å². The van der Waals surface area contributed by atoms with Crippen molar-refractivity contribution in [2.75, 3.05) is 0 Å². The maximum absolute atomic E-state index is 13.5.